The summed E-state index contributed by atoms with van der Waals surface area (Å²) in [6.07, 6.45) is 3.68. The summed E-state index contributed by atoms with van der Waals surface area (Å²) in [6, 6.07) is -0.217. The van der Waals surface area contributed by atoms with E-state index >= 15 is 0 Å². The van der Waals surface area contributed by atoms with Gasteiger partial charge in [-0.25, -0.2) is 4.79 Å². The average Bonchev–Trinajstić information content (AvgIpc) is 2.34. The lowest BCUT2D eigenvalue weighted by atomic mass is 9.94. The lowest BCUT2D eigenvalue weighted by Gasteiger charge is -2.25. The van der Waals surface area contributed by atoms with Crippen molar-refractivity contribution in [2.24, 2.45) is 5.92 Å². The molecule has 0 fully saturated rings. The number of carboxylic acid groups (broad SMARTS) is 1. The van der Waals surface area contributed by atoms with Crippen LogP contribution in [-0.2, 0) is 9.53 Å². The number of carbonyl (C=O) groups is 2. The zero-order valence-corrected chi connectivity index (χ0v) is 13.7. The molecule has 0 saturated heterocycles. The molecule has 0 aromatic heterocycles. The molecule has 0 aliphatic heterocycles. The molecule has 124 valence electrons. The second kappa shape index (κ2) is 10.4. The maximum atomic E-state index is 11.8. The predicted molar refractivity (Wildman–Crippen MR) is 82.4 cm³/mol. The topological polar surface area (TPSA) is 87.7 Å². The van der Waals surface area contributed by atoms with Gasteiger partial charge in [0.15, 0.2) is 0 Å². The molecule has 3 N–H and O–H groups in total. The standard InChI is InChI=1S/C15H30N2O4/c1-5-6-12(7-8-13(18)19)9-10-16-14(20)17-15(2,3)11-21-4/h12H,5-11H2,1-4H3,(H,18,19)(H2,16,17,20). The van der Waals surface area contributed by atoms with E-state index in [-0.39, 0.29) is 12.5 Å². The van der Waals surface area contributed by atoms with Crippen molar-refractivity contribution in [2.45, 2.75) is 58.4 Å². The molecule has 0 aromatic carbocycles. The molecule has 6 nitrogen and oxygen atoms in total. The normalized spacial score (nSPS) is 12.8. The number of carbonyl (C=O) groups excluding carboxylic acids is 1. The fourth-order valence-electron chi connectivity index (χ4n) is 2.31. The molecule has 1 atom stereocenters. The van der Waals surface area contributed by atoms with Crippen LogP contribution in [-0.4, -0.2) is 42.9 Å². The van der Waals surface area contributed by atoms with E-state index in [0.717, 1.165) is 19.3 Å². The van der Waals surface area contributed by atoms with E-state index in [1.54, 1.807) is 7.11 Å². The first kappa shape index (κ1) is 19.7. The number of rotatable bonds is 11. The van der Waals surface area contributed by atoms with Gasteiger partial charge < -0.3 is 20.5 Å². The number of hydrogen-bond donors (Lipinski definition) is 3. The van der Waals surface area contributed by atoms with Crippen LogP contribution < -0.4 is 10.6 Å². The van der Waals surface area contributed by atoms with Gasteiger partial charge in [-0.3, -0.25) is 4.79 Å². The third-order valence-electron chi connectivity index (χ3n) is 3.26. The summed E-state index contributed by atoms with van der Waals surface area (Å²) in [6.45, 7) is 6.86. The van der Waals surface area contributed by atoms with E-state index in [1.807, 2.05) is 13.8 Å². The fraction of sp³-hybridized carbons (Fsp3) is 0.867. The van der Waals surface area contributed by atoms with E-state index in [2.05, 4.69) is 17.6 Å². The number of nitrogens with one attached hydrogen (secondary N) is 2. The number of amides is 2. The molecule has 0 aliphatic rings. The zero-order valence-electron chi connectivity index (χ0n) is 13.7. The van der Waals surface area contributed by atoms with Crippen molar-refractivity contribution in [3.63, 3.8) is 0 Å². The second-order valence-electron chi connectivity index (χ2n) is 6.07. The zero-order chi connectivity index (χ0) is 16.3. The van der Waals surface area contributed by atoms with Crippen LogP contribution in [0.25, 0.3) is 0 Å². The number of hydrogen-bond acceptors (Lipinski definition) is 3. The SMILES string of the molecule is CCCC(CCNC(=O)NC(C)(C)COC)CCC(=O)O. The van der Waals surface area contributed by atoms with Crippen molar-refractivity contribution in [1.82, 2.24) is 10.6 Å². The van der Waals surface area contributed by atoms with E-state index in [9.17, 15) is 9.59 Å². The Morgan fingerprint density at radius 3 is 2.43 bits per heavy atom. The maximum absolute atomic E-state index is 11.8. The summed E-state index contributed by atoms with van der Waals surface area (Å²) in [7, 11) is 1.60. The molecule has 0 bridgehead atoms. The van der Waals surface area contributed by atoms with Crippen LogP contribution in [0.3, 0.4) is 0 Å². The molecule has 0 spiro atoms. The summed E-state index contributed by atoms with van der Waals surface area (Å²) in [5.74, 6) is -0.415. The highest BCUT2D eigenvalue weighted by atomic mass is 16.5. The number of urea groups is 1. The molecule has 21 heavy (non-hydrogen) atoms. The predicted octanol–water partition coefficient (Wildman–Crippen LogP) is 2.38. The van der Waals surface area contributed by atoms with Gasteiger partial charge in [0.2, 0.25) is 0 Å². The fourth-order valence-corrected chi connectivity index (χ4v) is 2.31. The van der Waals surface area contributed by atoms with E-state index < -0.39 is 11.5 Å². The second-order valence-corrected chi connectivity index (χ2v) is 6.07. The minimum absolute atomic E-state index is 0.192. The summed E-state index contributed by atoms with van der Waals surface area (Å²) in [4.78, 5) is 22.4. The third-order valence-corrected chi connectivity index (χ3v) is 3.26. The minimum atomic E-state index is -0.761. The highest BCUT2D eigenvalue weighted by Crippen LogP contribution is 2.17. The Bertz CT molecular complexity index is 319. The first-order valence-corrected chi connectivity index (χ1v) is 7.57. The summed E-state index contributed by atoms with van der Waals surface area (Å²) in [5.41, 5.74) is -0.412. The molecule has 1 unspecified atom stereocenters. The van der Waals surface area contributed by atoms with Crippen LogP contribution in [0.1, 0.15) is 52.9 Å². The van der Waals surface area contributed by atoms with Crippen LogP contribution in [0, 0.1) is 5.92 Å². The lowest BCUT2D eigenvalue weighted by Crippen LogP contribution is -2.51. The Labute approximate surface area is 127 Å². The smallest absolute Gasteiger partial charge is 0.315 e. The van der Waals surface area contributed by atoms with Crippen molar-refractivity contribution >= 4 is 12.0 Å². The van der Waals surface area contributed by atoms with Crippen molar-refractivity contribution in [2.75, 3.05) is 20.3 Å². The van der Waals surface area contributed by atoms with Crippen molar-refractivity contribution in [3.8, 4) is 0 Å². The molecule has 0 radical (unpaired) electrons. The quantitative estimate of drug-likeness (QED) is 0.547. The Balaban J connectivity index is 4.01. The largest absolute Gasteiger partial charge is 0.481 e. The molecular weight excluding hydrogens is 272 g/mol. The first-order chi connectivity index (χ1) is 9.80. The van der Waals surface area contributed by atoms with E-state index in [0.29, 0.717) is 25.5 Å². The molecule has 0 saturated carbocycles. The highest BCUT2D eigenvalue weighted by molar-refractivity contribution is 5.74. The first-order valence-electron chi connectivity index (χ1n) is 7.57. The van der Waals surface area contributed by atoms with Crippen LogP contribution in [0.2, 0.25) is 0 Å². The van der Waals surface area contributed by atoms with Gasteiger partial charge in [-0.15, -0.1) is 0 Å². The summed E-state index contributed by atoms with van der Waals surface area (Å²) in [5, 5.41) is 14.4. The van der Waals surface area contributed by atoms with Gasteiger partial charge in [0.05, 0.1) is 12.1 Å². The van der Waals surface area contributed by atoms with Crippen molar-refractivity contribution in [3.05, 3.63) is 0 Å². The van der Waals surface area contributed by atoms with Gasteiger partial charge in [-0.1, -0.05) is 19.8 Å². The highest BCUT2D eigenvalue weighted by Gasteiger charge is 2.20. The Hall–Kier alpha value is -1.30. The number of methoxy groups -OCH3 is 1. The summed E-state index contributed by atoms with van der Waals surface area (Å²) < 4.78 is 5.04. The van der Waals surface area contributed by atoms with Crippen LogP contribution in [0.5, 0.6) is 0 Å². The number of aliphatic carboxylic acids is 1. The molecule has 2 amide bonds. The van der Waals surface area contributed by atoms with Gasteiger partial charge in [-0.05, 0) is 32.6 Å². The number of carboxylic acids is 1. The van der Waals surface area contributed by atoms with Gasteiger partial charge in [-0.2, -0.15) is 0 Å². The van der Waals surface area contributed by atoms with E-state index in [1.165, 1.54) is 0 Å². The van der Waals surface area contributed by atoms with Crippen LogP contribution in [0.4, 0.5) is 4.79 Å². The maximum Gasteiger partial charge on any atom is 0.315 e. The van der Waals surface area contributed by atoms with Gasteiger partial charge in [0.1, 0.15) is 0 Å². The average molecular weight is 302 g/mol. The minimum Gasteiger partial charge on any atom is -0.481 e. The Kier molecular flexibility index (Phi) is 9.78. The summed E-state index contributed by atoms with van der Waals surface area (Å²) >= 11 is 0. The Morgan fingerprint density at radius 1 is 1.24 bits per heavy atom. The molecule has 0 rings (SSSR count). The third kappa shape index (κ3) is 11.1. The van der Waals surface area contributed by atoms with Gasteiger partial charge >= 0.3 is 12.0 Å². The molecule has 0 heterocycles. The van der Waals surface area contributed by atoms with E-state index in [4.69, 9.17) is 9.84 Å². The Morgan fingerprint density at radius 2 is 1.90 bits per heavy atom. The van der Waals surface area contributed by atoms with Gasteiger partial charge in [0.25, 0.3) is 0 Å². The van der Waals surface area contributed by atoms with Crippen LogP contribution >= 0.6 is 0 Å². The van der Waals surface area contributed by atoms with Crippen molar-refractivity contribution < 1.29 is 19.4 Å². The molecule has 6 heteroatoms. The van der Waals surface area contributed by atoms with Gasteiger partial charge in [0, 0.05) is 20.1 Å². The molecule has 0 aliphatic carbocycles. The molecule has 0 aromatic rings. The number of ether oxygens (including phenoxy) is 1. The molecular formula is C15H30N2O4. The lowest BCUT2D eigenvalue weighted by molar-refractivity contribution is -0.137. The van der Waals surface area contributed by atoms with Crippen LogP contribution in [0.15, 0.2) is 0 Å². The van der Waals surface area contributed by atoms with Crippen molar-refractivity contribution in [1.29, 1.82) is 0 Å². The monoisotopic (exact) mass is 302 g/mol.